The SMILES string of the molecule is COc1ccc(-c2nc(C)c(C3(COc4cccnc4)CNCCN3C=O)o2)cc1. The third kappa shape index (κ3) is 3.73. The number of aromatic nitrogens is 2. The van der Waals surface area contributed by atoms with Crippen LogP contribution in [0.3, 0.4) is 0 Å². The Morgan fingerprint density at radius 2 is 2.10 bits per heavy atom. The van der Waals surface area contributed by atoms with E-state index in [1.165, 1.54) is 0 Å². The van der Waals surface area contributed by atoms with Crippen molar-refractivity contribution in [2.24, 2.45) is 0 Å². The Morgan fingerprint density at radius 1 is 1.27 bits per heavy atom. The molecule has 3 aromatic rings. The molecule has 1 aliphatic rings. The second-order valence-corrected chi connectivity index (χ2v) is 7.15. The van der Waals surface area contributed by atoms with E-state index in [0.29, 0.717) is 42.7 Å². The summed E-state index contributed by atoms with van der Waals surface area (Å²) in [5.74, 6) is 2.48. The van der Waals surface area contributed by atoms with E-state index in [0.717, 1.165) is 17.7 Å². The van der Waals surface area contributed by atoms with Crippen molar-refractivity contribution >= 4 is 6.41 Å². The van der Waals surface area contributed by atoms with Gasteiger partial charge in [0.2, 0.25) is 12.3 Å². The predicted octanol–water partition coefficient (Wildman–Crippen LogP) is 2.39. The van der Waals surface area contributed by atoms with Gasteiger partial charge in [0.25, 0.3) is 0 Å². The van der Waals surface area contributed by atoms with E-state index in [9.17, 15) is 4.79 Å². The molecule has 8 heteroatoms. The third-order valence-corrected chi connectivity index (χ3v) is 5.29. The maximum Gasteiger partial charge on any atom is 0.226 e. The molecular formula is C22H24N4O4. The Bertz CT molecular complexity index is 990. The molecule has 1 fully saturated rings. The molecule has 0 radical (unpaired) electrons. The molecule has 1 saturated heterocycles. The van der Waals surface area contributed by atoms with Crippen LogP contribution < -0.4 is 14.8 Å². The third-order valence-electron chi connectivity index (χ3n) is 5.29. The fourth-order valence-corrected chi connectivity index (χ4v) is 3.69. The van der Waals surface area contributed by atoms with Gasteiger partial charge in [0, 0.05) is 31.4 Å². The van der Waals surface area contributed by atoms with E-state index >= 15 is 0 Å². The van der Waals surface area contributed by atoms with Gasteiger partial charge in [0.05, 0.1) is 19.0 Å². The summed E-state index contributed by atoms with van der Waals surface area (Å²) in [5.41, 5.74) is 0.721. The van der Waals surface area contributed by atoms with Gasteiger partial charge in [-0.25, -0.2) is 4.98 Å². The highest BCUT2D eigenvalue weighted by molar-refractivity contribution is 5.56. The highest BCUT2D eigenvalue weighted by atomic mass is 16.5. The van der Waals surface area contributed by atoms with Crippen LogP contribution in [0.1, 0.15) is 11.5 Å². The number of methoxy groups -OCH3 is 1. The number of amides is 1. The molecule has 30 heavy (non-hydrogen) atoms. The zero-order chi connectivity index (χ0) is 21.0. The number of piperazine rings is 1. The first-order chi connectivity index (χ1) is 14.7. The highest BCUT2D eigenvalue weighted by Gasteiger charge is 2.46. The molecule has 1 aromatic carbocycles. The molecule has 1 amide bonds. The zero-order valence-electron chi connectivity index (χ0n) is 17.0. The standard InChI is InChI=1S/C22H24N4O4/c1-16-20(30-21(25-16)17-5-7-18(28-2)8-6-17)22(13-24-10-11-26(22)15-27)14-29-19-4-3-9-23-12-19/h3-9,12,15,24H,10-11,13-14H2,1-2H3. The Hall–Kier alpha value is -3.39. The fourth-order valence-electron chi connectivity index (χ4n) is 3.69. The Kier molecular flexibility index (Phi) is 5.67. The fraction of sp³-hybridized carbons (Fsp3) is 0.318. The summed E-state index contributed by atoms with van der Waals surface area (Å²) in [6.45, 7) is 3.83. The number of aryl methyl sites for hydroxylation is 1. The molecule has 8 nitrogen and oxygen atoms in total. The number of hydrogen-bond acceptors (Lipinski definition) is 7. The van der Waals surface area contributed by atoms with Crippen LogP contribution in [0.5, 0.6) is 11.5 Å². The van der Waals surface area contributed by atoms with Crippen molar-refractivity contribution in [2.45, 2.75) is 12.5 Å². The van der Waals surface area contributed by atoms with Crippen molar-refractivity contribution < 1.29 is 18.7 Å². The van der Waals surface area contributed by atoms with Crippen LogP contribution in [0.4, 0.5) is 0 Å². The van der Waals surface area contributed by atoms with Gasteiger partial charge in [-0.05, 0) is 43.3 Å². The maximum atomic E-state index is 12.0. The number of nitrogens with one attached hydrogen (secondary N) is 1. The van der Waals surface area contributed by atoms with Crippen molar-refractivity contribution in [2.75, 3.05) is 33.4 Å². The molecule has 2 aromatic heterocycles. The van der Waals surface area contributed by atoms with Gasteiger partial charge in [-0.1, -0.05) is 0 Å². The number of carbonyl (C=O) groups is 1. The smallest absolute Gasteiger partial charge is 0.226 e. The Labute approximate surface area is 174 Å². The lowest BCUT2D eigenvalue weighted by atomic mass is 9.91. The second-order valence-electron chi connectivity index (χ2n) is 7.15. The van der Waals surface area contributed by atoms with Crippen molar-refractivity contribution in [3.8, 4) is 23.0 Å². The molecule has 1 N–H and O–H groups in total. The van der Waals surface area contributed by atoms with E-state index in [1.54, 1.807) is 30.5 Å². The van der Waals surface area contributed by atoms with Crippen LogP contribution in [0.2, 0.25) is 0 Å². The molecule has 0 bridgehead atoms. The van der Waals surface area contributed by atoms with Crippen LogP contribution in [0, 0.1) is 6.92 Å². The molecule has 4 rings (SSSR count). The van der Waals surface area contributed by atoms with Gasteiger partial charge in [-0.3, -0.25) is 9.78 Å². The van der Waals surface area contributed by atoms with Crippen molar-refractivity contribution in [3.63, 3.8) is 0 Å². The lowest BCUT2D eigenvalue weighted by Crippen LogP contribution is -2.61. The van der Waals surface area contributed by atoms with Gasteiger partial charge >= 0.3 is 0 Å². The number of rotatable bonds is 7. The topological polar surface area (TPSA) is 89.7 Å². The van der Waals surface area contributed by atoms with Crippen molar-refractivity contribution in [1.29, 1.82) is 0 Å². The molecule has 1 unspecified atom stereocenters. The number of hydrogen-bond donors (Lipinski definition) is 1. The second kappa shape index (κ2) is 8.54. The van der Waals surface area contributed by atoms with Crippen LogP contribution in [-0.2, 0) is 10.3 Å². The minimum absolute atomic E-state index is 0.211. The molecule has 0 spiro atoms. The first kappa shape index (κ1) is 19.9. The quantitative estimate of drug-likeness (QED) is 0.601. The Morgan fingerprint density at radius 3 is 2.80 bits per heavy atom. The molecular weight excluding hydrogens is 384 g/mol. The summed E-state index contributed by atoms with van der Waals surface area (Å²) in [4.78, 5) is 22.4. The normalized spacial score (nSPS) is 18.8. The van der Waals surface area contributed by atoms with Crippen LogP contribution in [-0.4, -0.2) is 54.6 Å². The predicted molar refractivity (Wildman–Crippen MR) is 110 cm³/mol. The number of ether oxygens (including phenoxy) is 2. The number of carbonyl (C=O) groups excluding carboxylic acids is 1. The van der Waals surface area contributed by atoms with Gasteiger partial charge in [-0.15, -0.1) is 0 Å². The van der Waals surface area contributed by atoms with Gasteiger partial charge < -0.3 is 24.1 Å². The summed E-state index contributed by atoms with van der Waals surface area (Å²) in [5, 5.41) is 3.37. The number of oxazole rings is 1. The summed E-state index contributed by atoms with van der Waals surface area (Å²) in [6, 6.07) is 11.1. The van der Waals surface area contributed by atoms with Gasteiger partial charge in [0.1, 0.15) is 23.6 Å². The minimum Gasteiger partial charge on any atom is -0.497 e. The van der Waals surface area contributed by atoms with Crippen LogP contribution in [0.25, 0.3) is 11.5 Å². The zero-order valence-corrected chi connectivity index (χ0v) is 17.0. The largest absolute Gasteiger partial charge is 0.497 e. The molecule has 1 atom stereocenters. The van der Waals surface area contributed by atoms with Crippen LogP contribution in [0.15, 0.2) is 53.2 Å². The van der Waals surface area contributed by atoms with E-state index in [-0.39, 0.29) is 6.61 Å². The monoisotopic (exact) mass is 408 g/mol. The first-order valence-corrected chi connectivity index (χ1v) is 9.74. The Balaban J connectivity index is 1.71. The molecule has 1 aliphatic heterocycles. The maximum absolute atomic E-state index is 12.0. The molecule has 0 aliphatic carbocycles. The van der Waals surface area contributed by atoms with E-state index in [2.05, 4.69) is 15.3 Å². The highest BCUT2D eigenvalue weighted by Crippen LogP contribution is 2.35. The molecule has 3 heterocycles. The van der Waals surface area contributed by atoms with E-state index < -0.39 is 5.54 Å². The van der Waals surface area contributed by atoms with Gasteiger partial charge in [0.15, 0.2) is 5.76 Å². The van der Waals surface area contributed by atoms with Crippen molar-refractivity contribution in [3.05, 3.63) is 60.2 Å². The van der Waals surface area contributed by atoms with Crippen LogP contribution >= 0.6 is 0 Å². The average molecular weight is 408 g/mol. The van der Waals surface area contributed by atoms with Gasteiger partial charge in [-0.2, -0.15) is 0 Å². The van der Waals surface area contributed by atoms with E-state index in [1.807, 2.05) is 37.3 Å². The average Bonchev–Trinajstić information content (AvgIpc) is 3.20. The summed E-state index contributed by atoms with van der Waals surface area (Å²) < 4.78 is 17.5. The summed E-state index contributed by atoms with van der Waals surface area (Å²) in [7, 11) is 1.62. The summed E-state index contributed by atoms with van der Waals surface area (Å²) in [6.07, 6.45) is 4.18. The van der Waals surface area contributed by atoms with Crippen molar-refractivity contribution in [1.82, 2.24) is 20.2 Å². The molecule has 156 valence electrons. The lowest BCUT2D eigenvalue weighted by Gasteiger charge is -2.43. The summed E-state index contributed by atoms with van der Waals surface area (Å²) >= 11 is 0. The first-order valence-electron chi connectivity index (χ1n) is 9.74. The molecule has 0 saturated carbocycles. The minimum atomic E-state index is -0.822. The van der Waals surface area contributed by atoms with E-state index in [4.69, 9.17) is 13.9 Å². The number of pyridine rings is 1. The number of benzene rings is 1. The lowest BCUT2D eigenvalue weighted by molar-refractivity contribution is -0.128. The number of nitrogens with zero attached hydrogens (tertiary/aromatic N) is 3.